The molecule has 6 nitrogen and oxygen atoms in total. The normalized spacial score (nSPS) is 12.2. The van der Waals surface area contributed by atoms with Crippen molar-refractivity contribution in [1.29, 1.82) is 0 Å². The molecule has 2 rings (SSSR count). The number of rotatable bonds is 7. The molecule has 0 radical (unpaired) electrons. The molecular weight excluding hydrogens is 379 g/mol. The van der Waals surface area contributed by atoms with Gasteiger partial charge in [0, 0.05) is 13.1 Å². The lowest BCUT2D eigenvalue weighted by Crippen LogP contribution is -2.42. The van der Waals surface area contributed by atoms with E-state index in [-0.39, 0.29) is 17.3 Å². The molecule has 0 unspecified atom stereocenters. The van der Waals surface area contributed by atoms with Crippen LogP contribution >= 0.6 is 11.3 Å². The van der Waals surface area contributed by atoms with Gasteiger partial charge in [0.15, 0.2) is 9.84 Å². The highest BCUT2D eigenvalue weighted by atomic mass is 32.2. The van der Waals surface area contributed by atoms with Crippen LogP contribution in [0.4, 0.5) is 4.39 Å². The maximum Gasteiger partial charge on any atom is 0.309 e. The standard InChI is InChI=1S/C17H17FN2O4S2/c1-2-9-19-16(21)17(22)20-11-14(12-5-7-13(18)8-6-12)26(23,24)15-4-3-10-25-15/h2-8,10,14H,1,9,11H2,(H,19,21)(H,20,22)/t14-/m0/s1. The number of nitrogens with one attached hydrogen (secondary N) is 2. The molecule has 138 valence electrons. The maximum absolute atomic E-state index is 13.2. The largest absolute Gasteiger partial charge is 0.346 e. The van der Waals surface area contributed by atoms with Crippen LogP contribution in [0.3, 0.4) is 0 Å². The Hall–Kier alpha value is -2.52. The minimum Gasteiger partial charge on any atom is -0.346 e. The van der Waals surface area contributed by atoms with Crippen LogP contribution in [0.1, 0.15) is 10.8 Å². The van der Waals surface area contributed by atoms with E-state index < -0.39 is 32.7 Å². The lowest BCUT2D eigenvalue weighted by molar-refractivity contribution is -0.139. The quantitative estimate of drug-likeness (QED) is 0.552. The summed E-state index contributed by atoms with van der Waals surface area (Å²) in [7, 11) is -3.83. The summed E-state index contributed by atoms with van der Waals surface area (Å²) in [6.07, 6.45) is 1.41. The van der Waals surface area contributed by atoms with Gasteiger partial charge in [-0.3, -0.25) is 9.59 Å². The summed E-state index contributed by atoms with van der Waals surface area (Å²) in [5.41, 5.74) is 0.312. The molecular formula is C17H17FN2O4S2. The van der Waals surface area contributed by atoms with Gasteiger partial charge >= 0.3 is 11.8 Å². The van der Waals surface area contributed by atoms with Gasteiger partial charge in [-0.15, -0.1) is 17.9 Å². The highest BCUT2D eigenvalue weighted by Gasteiger charge is 2.31. The zero-order valence-electron chi connectivity index (χ0n) is 13.6. The summed E-state index contributed by atoms with van der Waals surface area (Å²) in [6.45, 7) is 3.20. The fraction of sp³-hybridized carbons (Fsp3) is 0.176. The van der Waals surface area contributed by atoms with E-state index in [0.717, 1.165) is 23.5 Å². The molecule has 0 fully saturated rings. The molecule has 0 aliphatic carbocycles. The second-order valence-corrected chi connectivity index (χ2v) is 8.53. The Morgan fingerprint density at radius 2 is 1.81 bits per heavy atom. The second-order valence-electron chi connectivity index (χ2n) is 5.23. The van der Waals surface area contributed by atoms with Crippen LogP contribution in [0, 0.1) is 5.82 Å². The third kappa shape index (κ3) is 4.77. The number of hydrogen-bond acceptors (Lipinski definition) is 5. The molecule has 1 aromatic carbocycles. The van der Waals surface area contributed by atoms with E-state index in [0.29, 0.717) is 5.56 Å². The van der Waals surface area contributed by atoms with Crippen LogP contribution in [0.2, 0.25) is 0 Å². The number of amides is 2. The molecule has 0 bridgehead atoms. The summed E-state index contributed by atoms with van der Waals surface area (Å²) in [4.78, 5) is 23.4. The van der Waals surface area contributed by atoms with E-state index in [1.807, 2.05) is 0 Å². The van der Waals surface area contributed by atoms with Gasteiger partial charge in [0.05, 0.1) is 0 Å². The van der Waals surface area contributed by atoms with Crippen molar-refractivity contribution in [3.05, 3.63) is 65.8 Å². The van der Waals surface area contributed by atoms with Gasteiger partial charge in [0.25, 0.3) is 0 Å². The first-order valence-corrected chi connectivity index (χ1v) is 9.98. The summed E-state index contributed by atoms with van der Waals surface area (Å²) >= 11 is 1.04. The predicted octanol–water partition coefficient (Wildman–Crippen LogP) is 1.82. The Balaban J connectivity index is 2.24. The van der Waals surface area contributed by atoms with Crippen molar-refractivity contribution >= 4 is 33.0 Å². The predicted molar refractivity (Wildman–Crippen MR) is 96.9 cm³/mol. The Bertz CT molecular complexity index is 878. The lowest BCUT2D eigenvalue weighted by atomic mass is 10.1. The smallest absolute Gasteiger partial charge is 0.309 e. The van der Waals surface area contributed by atoms with Gasteiger partial charge in [0.1, 0.15) is 15.3 Å². The minimum absolute atomic E-state index is 0.112. The lowest BCUT2D eigenvalue weighted by Gasteiger charge is -2.18. The summed E-state index contributed by atoms with van der Waals surface area (Å²) in [6, 6.07) is 8.02. The van der Waals surface area contributed by atoms with E-state index in [9.17, 15) is 22.4 Å². The minimum atomic E-state index is -3.83. The number of benzene rings is 1. The monoisotopic (exact) mass is 396 g/mol. The average molecular weight is 396 g/mol. The Kier molecular flexibility index (Phi) is 6.64. The van der Waals surface area contributed by atoms with Crippen molar-refractivity contribution in [1.82, 2.24) is 10.6 Å². The third-order valence-electron chi connectivity index (χ3n) is 3.45. The van der Waals surface area contributed by atoms with Crippen LogP contribution in [0.25, 0.3) is 0 Å². The van der Waals surface area contributed by atoms with Crippen LogP contribution in [-0.4, -0.2) is 33.3 Å². The Morgan fingerprint density at radius 3 is 2.38 bits per heavy atom. The summed E-state index contributed by atoms with van der Waals surface area (Å²) in [5.74, 6) is -2.36. The number of thiophene rings is 1. The molecule has 9 heteroatoms. The van der Waals surface area contributed by atoms with Gasteiger partial charge in [-0.2, -0.15) is 0 Å². The van der Waals surface area contributed by atoms with Gasteiger partial charge in [0.2, 0.25) is 0 Å². The average Bonchev–Trinajstić information content (AvgIpc) is 3.16. The van der Waals surface area contributed by atoms with Gasteiger partial charge in [-0.25, -0.2) is 12.8 Å². The summed E-state index contributed by atoms with van der Waals surface area (Å²) < 4.78 is 39.1. The van der Waals surface area contributed by atoms with Gasteiger partial charge in [-0.1, -0.05) is 24.3 Å². The topological polar surface area (TPSA) is 92.3 Å². The fourth-order valence-corrected chi connectivity index (χ4v) is 5.03. The zero-order chi connectivity index (χ0) is 19.2. The zero-order valence-corrected chi connectivity index (χ0v) is 15.3. The molecule has 0 aliphatic heterocycles. The first-order chi connectivity index (χ1) is 12.4. The molecule has 2 N–H and O–H groups in total. The van der Waals surface area contributed by atoms with E-state index in [4.69, 9.17) is 0 Å². The molecule has 0 saturated carbocycles. The van der Waals surface area contributed by atoms with Crippen molar-refractivity contribution in [2.45, 2.75) is 9.46 Å². The Morgan fingerprint density at radius 1 is 1.15 bits per heavy atom. The molecule has 0 aliphatic rings. The molecule has 1 heterocycles. The molecule has 26 heavy (non-hydrogen) atoms. The van der Waals surface area contributed by atoms with E-state index in [1.165, 1.54) is 24.3 Å². The van der Waals surface area contributed by atoms with Crippen molar-refractivity contribution in [3.8, 4) is 0 Å². The number of carbonyl (C=O) groups is 2. The van der Waals surface area contributed by atoms with E-state index in [2.05, 4.69) is 17.2 Å². The van der Waals surface area contributed by atoms with Gasteiger partial charge in [-0.05, 0) is 29.1 Å². The Labute approximate surface area is 154 Å². The third-order valence-corrected chi connectivity index (χ3v) is 6.99. The fourth-order valence-electron chi connectivity index (χ4n) is 2.16. The van der Waals surface area contributed by atoms with Crippen molar-refractivity contribution in [2.75, 3.05) is 13.1 Å². The van der Waals surface area contributed by atoms with Crippen molar-refractivity contribution in [3.63, 3.8) is 0 Å². The molecule has 0 spiro atoms. The van der Waals surface area contributed by atoms with Crippen LogP contribution in [0.5, 0.6) is 0 Å². The number of hydrogen-bond donors (Lipinski definition) is 2. The highest BCUT2D eigenvalue weighted by molar-refractivity contribution is 7.93. The van der Waals surface area contributed by atoms with Crippen molar-refractivity contribution in [2.24, 2.45) is 0 Å². The summed E-state index contributed by atoms with van der Waals surface area (Å²) in [5, 5.41) is 5.09. The number of sulfone groups is 1. The van der Waals surface area contributed by atoms with Crippen LogP contribution in [0.15, 0.2) is 58.6 Å². The van der Waals surface area contributed by atoms with E-state index in [1.54, 1.807) is 11.4 Å². The highest BCUT2D eigenvalue weighted by Crippen LogP contribution is 2.31. The second kappa shape index (κ2) is 8.72. The van der Waals surface area contributed by atoms with Crippen LogP contribution < -0.4 is 10.6 Å². The molecule has 1 atom stereocenters. The molecule has 2 aromatic rings. The molecule has 1 aromatic heterocycles. The van der Waals surface area contributed by atoms with Gasteiger partial charge < -0.3 is 10.6 Å². The van der Waals surface area contributed by atoms with Crippen molar-refractivity contribution < 1.29 is 22.4 Å². The first-order valence-electron chi connectivity index (χ1n) is 7.56. The van der Waals surface area contributed by atoms with E-state index >= 15 is 0 Å². The molecule has 2 amide bonds. The maximum atomic E-state index is 13.2. The number of carbonyl (C=O) groups excluding carboxylic acids is 2. The SMILES string of the molecule is C=CCNC(=O)C(=O)NC[C@@H](c1ccc(F)cc1)S(=O)(=O)c1cccs1. The number of halogens is 1. The molecule has 0 saturated heterocycles. The van der Waals surface area contributed by atoms with Crippen LogP contribution in [-0.2, 0) is 19.4 Å². The first kappa shape index (κ1) is 19.8.